The van der Waals surface area contributed by atoms with E-state index >= 15 is 0 Å². The van der Waals surface area contributed by atoms with Gasteiger partial charge >= 0.3 is 6.01 Å². The van der Waals surface area contributed by atoms with Crippen LogP contribution < -0.4 is 4.74 Å². The van der Waals surface area contributed by atoms with Gasteiger partial charge in [-0.05, 0) is 18.0 Å². The molecular weight excluding hydrogens is 256 g/mol. The van der Waals surface area contributed by atoms with Gasteiger partial charge in [0.05, 0.1) is 6.61 Å². The standard InChI is InChI=1S/C10H13ClN6O/c1-2-3-4-5-18-10-15-8(11)14-9(16-10)17-7-12-6-13-17/h6-7H,2-5H2,1H3. The molecule has 0 radical (unpaired) electrons. The zero-order valence-electron chi connectivity index (χ0n) is 9.95. The van der Waals surface area contributed by atoms with Gasteiger partial charge < -0.3 is 4.74 Å². The van der Waals surface area contributed by atoms with Gasteiger partial charge in [0.2, 0.25) is 5.28 Å². The molecule has 96 valence electrons. The van der Waals surface area contributed by atoms with E-state index in [-0.39, 0.29) is 17.2 Å². The van der Waals surface area contributed by atoms with Gasteiger partial charge in [-0.15, -0.1) is 0 Å². The smallest absolute Gasteiger partial charge is 0.322 e. The summed E-state index contributed by atoms with van der Waals surface area (Å²) in [5.41, 5.74) is 0. The Morgan fingerprint density at radius 3 is 2.89 bits per heavy atom. The third-order valence-electron chi connectivity index (χ3n) is 2.18. The highest BCUT2D eigenvalue weighted by atomic mass is 35.5. The van der Waals surface area contributed by atoms with Crippen molar-refractivity contribution in [3.05, 3.63) is 17.9 Å². The lowest BCUT2D eigenvalue weighted by molar-refractivity contribution is 0.281. The molecule has 8 heteroatoms. The molecule has 0 unspecified atom stereocenters. The number of rotatable bonds is 6. The van der Waals surface area contributed by atoms with Crippen LogP contribution in [0.15, 0.2) is 12.7 Å². The molecule has 0 aliphatic heterocycles. The molecule has 2 aromatic heterocycles. The molecule has 2 aromatic rings. The first-order chi connectivity index (χ1) is 8.79. The molecule has 0 spiro atoms. The number of nitrogens with zero attached hydrogens (tertiary/aromatic N) is 6. The predicted molar refractivity (Wildman–Crippen MR) is 64.8 cm³/mol. The highest BCUT2D eigenvalue weighted by Gasteiger charge is 2.08. The van der Waals surface area contributed by atoms with Gasteiger partial charge in [-0.3, -0.25) is 0 Å². The molecule has 0 bridgehead atoms. The van der Waals surface area contributed by atoms with Crippen molar-refractivity contribution < 1.29 is 4.74 Å². The van der Waals surface area contributed by atoms with Crippen LogP contribution in [0.5, 0.6) is 6.01 Å². The van der Waals surface area contributed by atoms with Gasteiger partial charge in [0.1, 0.15) is 12.7 Å². The largest absolute Gasteiger partial charge is 0.463 e. The maximum atomic E-state index is 5.80. The molecule has 0 fully saturated rings. The van der Waals surface area contributed by atoms with Gasteiger partial charge in [-0.1, -0.05) is 19.8 Å². The molecule has 0 aliphatic carbocycles. The van der Waals surface area contributed by atoms with Crippen LogP contribution in [-0.2, 0) is 0 Å². The molecule has 0 saturated heterocycles. The molecule has 2 heterocycles. The molecule has 0 atom stereocenters. The minimum atomic E-state index is 0.0704. The molecule has 0 N–H and O–H groups in total. The molecule has 7 nitrogen and oxygen atoms in total. The lowest BCUT2D eigenvalue weighted by Gasteiger charge is -2.05. The topological polar surface area (TPSA) is 78.6 Å². The van der Waals surface area contributed by atoms with Crippen LogP contribution in [0, 0.1) is 0 Å². The summed E-state index contributed by atoms with van der Waals surface area (Å²) in [7, 11) is 0. The fourth-order valence-electron chi connectivity index (χ4n) is 1.32. The first-order valence-electron chi connectivity index (χ1n) is 5.69. The summed E-state index contributed by atoms with van der Waals surface area (Å²) in [4.78, 5) is 15.8. The normalized spacial score (nSPS) is 10.6. The van der Waals surface area contributed by atoms with Crippen LogP contribution in [0.3, 0.4) is 0 Å². The lowest BCUT2D eigenvalue weighted by Crippen LogP contribution is -2.07. The van der Waals surface area contributed by atoms with Crippen LogP contribution in [-0.4, -0.2) is 36.3 Å². The van der Waals surface area contributed by atoms with Crippen LogP contribution in [0.2, 0.25) is 5.28 Å². The fourth-order valence-corrected chi connectivity index (χ4v) is 1.46. The van der Waals surface area contributed by atoms with Gasteiger partial charge in [0, 0.05) is 0 Å². The van der Waals surface area contributed by atoms with Crippen LogP contribution >= 0.6 is 11.6 Å². The van der Waals surface area contributed by atoms with Crippen molar-refractivity contribution in [1.29, 1.82) is 0 Å². The number of hydrogen-bond acceptors (Lipinski definition) is 6. The van der Waals surface area contributed by atoms with E-state index in [0.29, 0.717) is 6.61 Å². The van der Waals surface area contributed by atoms with E-state index in [1.165, 1.54) is 17.3 Å². The fraction of sp³-hybridized carbons (Fsp3) is 0.500. The Morgan fingerprint density at radius 2 is 2.17 bits per heavy atom. The number of hydrogen-bond donors (Lipinski definition) is 0. The summed E-state index contributed by atoms with van der Waals surface area (Å²) in [6, 6.07) is 0.205. The van der Waals surface area contributed by atoms with Gasteiger partial charge in [-0.25, -0.2) is 4.98 Å². The molecule has 2 rings (SSSR count). The second kappa shape index (κ2) is 6.25. The Hall–Kier alpha value is -1.76. The van der Waals surface area contributed by atoms with Crippen molar-refractivity contribution in [1.82, 2.24) is 29.7 Å². The molecule has 0 amide bonds. The Bertz CT molecular complexity index is 489. The summed E-state index contributed by atoms with van der Waals surface area (Å²) >= 11 is 5.80. The summed E-state index contributed by atoms with van der Waals surface area (Å²) in [5.74, 6) is 0.290. The molecule has 18 heavy (non-hydrogen) atoms. The summed E-state index contributed by atoms with van der Waals surface area (Å²) < 4.78 is 6.81. The van der Waals surface area contributed by atoms with E-state index in [2.05, 4.69) is 32.0 Å². The number of halogens is 1. The second-order valence-electron chi connectivity index (χ2n) is 3.58. The average Bonchev–Trinajstić information content (AvgIpc) is 2.88. The van der Waals surface area contributed by atoms with Gasteiger partial charge in [-0.2, -0.15) is 24.7 Å². The third kappa shape index (κ3) is 3.36. The Labute approximate surface area is 109 Å². The molecule has 0 saturated carbocycles. The maximum Gasteiger partial charge on any atom is 0.322 e. The highest BCUT2D eigenvalue weighted by molar-refractivity contribution is 6.28. The van der Waals surface area contributed by atoms with Crippen molar-refractivity contribution in [2.45, 2.75) is 26.2 Å². The average molecular weight is 269 g/mol. The first-order valence-corrected chi connectivity index (χ1v) is 6.06. The summed E-state index contributed by atoms with van der Waals surface area (Å²) in [6.45, 7) is 2.69. The Morgan fingerprint density at radius 1 is 1.28 bits per heavy atom. The van der Waals surface area contributed by atoms with Gasteiger partial charge in [0.15, 0.2) is 0 Å². The SMILES string of the molecule is CCCCCOc1nc(Cl)nc(-n2cncn2)n1. The number of ether oxygens (including phenoxy) is 1. The lowest BCUT2D eigenvalue weighted by atomic mass is 10.3. The van der Waals surface area contributed by atoms with Crippen molar-refractivity contribution in [2.75, 3.05) is 6.61 Å². The number of aromatic nitrogens is 6. The molecule has 0 aromatic carbocycles. The van der Waals surface area contributed by atoms with E-state index in [1.807, 2.05) is 0 Å². The van der Waals surface area contributed by atoms with E-state index in [9.17, 15) is 0 Å². The van der Waals surface area contributed by atoms with E-state index < -0.39 is 0 Å². The van der Waals surface area contributed by atoms with Crippen molar-refractivity contribution in [2.24, 2.45) is 0 Å². The molecule has 0 aliphatic rings. The Balaban J connectivity index is 2.07. The Kier molecular flexibility index (Phi) is 4.40. The predicted octanol–water partition coefficient (Wildman–Crippen LogP) is 1.67. The van der Waals surface area contributed by atoms with E-state index in [0.717, 1.165) is 19.3 Å². The maximum absolute atomic E-state index is 5.80. The summed E-state index contributed by atoms with van der Waals surface area (Å²) in [5, 5.41) is 3.99. The third-order valence-corrected chi connectivity index (χ3v) is 2.35. The summed E-state index contributed by atoms with van der Waals surface area (Å²) in [6.07, 6.45) is 6.06. The number of unbranched alkanes of at least 4 members (excludes halogenated alkanes) is 2. The van der Waals surface area contributed by atoms with E-state index in [4.69, 9.17) is 16.3 Å². The first kappa shape index (κ1) is 12.7. The zero-order valence-corrected chi connectivity index (χ0v) is 10.7. The van der Waals surface area contributed by atoms with Crippen LogP contribution in [0.4, 0.5) is 0 Å². The molecular formula is C10H13ClN6O. The highest BCUT2D eigenvalue weighted by Crippen LogP contribution is 2.10. The minimum Gasteiger partial charge on any atom is -0.463 e. The van der Waals surface area contributed by atoms with E-state index in [1.54, 1.807) is 0 Å². The quantitative estimate of drug-likeness (QED) is 0.742. The van der Waals surface area contributed by atoms with Gasteiger partial charge in [0.25, 0.3) is 5.95 Å². The minimum absolute atomic E-state index is 0.0704. The van der Waals surface area contributed by atoms with Crippen molar-refractivity contribution in [3.8, 4) is 12.0 Å². The van der Waals surface area contributed by atoms with Crippen molar-refractivity contribution in [3.63, 3.8) is 0 Å². The van der Waals surface area contributed by atoms with Crippen molar-refractivity contribution >= 4 is 11.6 Å². The second-order valence-corrected chi connectivity index (χ2v) is 3.92. The van der Waals surface area contributed by atoms with Crippen LogP contribution in [0.25, 0.3) is 5.95 Å². The van der Waals surface area contributed by atoms with Crippen LogP contribution in [0.1, 0.15) is 26.2 Å². The monoisotopic (exact) mass is 268 g/mol. The zero-order chi connectivity index (χ0) is 12.8.